The van der Waals surface area contributed by atoms with Gasteiger partial charge in [-0.15, -0.1) is 0 Å². The summed E-state index contributed by atoms with van der Waals surface area (Å²) in [6.07, 6.45) is 3.31. The maximum absolute atomic E-state index is 12.6. The van der Waals surface area contributed by atoms with Gasteiger partial charge >= 0.3 is 0 Å². The number of benzene rings is 1. The Bertz CT molecular complexity index is 788. The van der Waals surface area contributed by atoms with Gasteiger partial charge in [-0.1, -0.05) is 12.1 Å². The van der Waals surface area contributed by atoms with Crippen LogP contribution in [-0.2, 0) is 11.2 Å². The fourth-order valence-corrected chi connectivity index (χ4v) is 3.03. The molecule has 0 unspecified atom stereocenters. The number of nitrogens with one attached hydrogen (secondary N) is 1. The van der Waals surface area contributed by atoms with Gasteiger partial charge in [-0.3, -0.25) is 14.6 Å². The van der Waals surface area contributed by atoms with E-state index in [2.05, 4.69) is 16.4 Å². The van der Waals surface area contributed by atoms with Gasteiger partial charge in [-0.25, -0.2) is 0 Å². The fourth-order valence-electron chi connectivity index (χ4n) is 3.03. The first-order chi connectivity index (χ1) is 13.2. The zero-order valence-electron chi connectivity index (χ0n) is 15.4. The van der Waals surface area contributed by atoms with E-state index in [0.717, 1.165) is 30.8 Å². The van der Waals surface area contributed by atoms with Crippen molar-refractivity contribution in [3.63, 3.8) is 0 Å². The predicted octanol–water partition coefficient (Wildman–Crippen LogP) is 1.66. The number of piperazine rings is 1. The van der Waals surface area contributed by atoms with Crippen molar-refractivity contribution in [3.8, 4) is 5.75 Å². The highest BCUT2D eigenvalue weighted by Crippen LogP contribution is 2.14. The van der Waals surface area contributed by atoms with Crippen LogP contribution in [0.5, 0.6) is 5.75 Å². The Morgan fingerprint density at radius 1 is 1.22 bits per heavy atom. The molecule has 0 aliphatic carbocycles. The van der Waals surface area contributed by atoms with Crippen molar-refractivity contribution in [3.05, 3.63) is 53.9 Å². The lowest BCUT2D eigenvalue weighted by Gasteiger charge is -2.32. The van der Waals surface area contributed by atoms with E-state index in [1.165, 1.54) is 5.56 Å². The highest BCUT2D eigenvalue weighted by atomic mass is 16.5. The second-order valence-corrected chi connectivity index (χ2v) is 6.39. The van der Waals surface area contributed by atoms with Gasteiger partial charge in [0.1, 0.15) is 11.4 Å². The Morgan fingerprint density at radius 3 is 2.78 bits per heavy atom. The summed E-state index contributed by atoms with van der Waals surface area (Å²) in [7, 11) is 1.66. The summed E-state index contributed by atoms with van der Waals surface area (Å²) in [4.78, 5) is 31.0. The van der Waals surface area contributed by atoms with Crippen LogP contribution in [0.3, 0.4) is 0 Å². The minimum atomic E-state index is -0.100. The Kier molecular flexibility index (Phi) is 6.25. The summed E-state index contributed by atoms with van der Waals surface area (Å²) < 4.78 is 5.24. The zero-order chi connectivity index (χ0) is 19.1. The van der Waals surface area contributed by atoms with Crippen LogP contribution in [-0.4, -0.2) is 66.9 Å². The van der Waals surface area contributed by atoms with Crippen molar-refractivity contribution in [1.29, 1.82) is 0 Å². The molecule has 27 heavy (non-hydrogen) atoms. The first-order valence-corrected chi connectivity index (χ1v) is 9.01. The lowest BCUT2D eigenvalue weighted by Crippen LogP contribution is -2.48. The number of nitrogens with zero attached hydrogens (tertiary/aromatic N) is 3. The number of ether oxygens (including phenoxy) is 1. The van der Waals surface area contributed by atoms with Gasteiger partial charge in [-0.2, -0.15) is 0 Å². The summed E-state index contributed by atoms with van der Waals surface area (Å²) >= 11 is 0. The molecule has 3 rings (SSSR count). The second-order valence-electron chi connectivity index (χ2n) is 6.39. The maximum atomic E-state index is 12.6. The molecule has 1 aliphatic heterocycles. The van der Waals surface area contributed by atoms with Crippen LogP contribution in [0.1, 0.15) is 16.1 Å². The van der Waals surface area contributed by atoms with Crippen molar-refractivity contribution in [1.82, 2.24) is 14.8 Å². The van der Waals surface area contributed by atoms with E-state index < -0.39 is 0 Å². The molecule has 0 spiro atoms. The van der Waals surface area contributed by atoms with Gasteiger partial charge in [0, 0.05) is 44.6 Å². The van der Waals surface area contributed by atoms with Crippen molar-refractivity contribution >= 4 is 18.0 Å². The lowest BCUT2D eigenvalue weighted by atomic mass is 10.1. The van der Waals surface area contributed by atoms with Crippen LogP contribution < -0.4 is 10.1 Å². The monoisotopic (exact) mass is 368 g/mol. The molecular weight excluding hydrogens is 344 g/mol. The number of amides is 2. The van der Waals surface area contributed by atoms with Crippen molar-refractivity contribution < 1.29 is 14.3 Å². The molecule has 7 nitrogen and oxygen atoms in total. The topological polar surface area (TPSA) is 74.8 Å². The van der Waals surface area contributed by atoms with Gasteiger partial charge in [-0.05, 0) is 36.2 Å². The largest absolute Gasteiger partial charge is 0.497 e. The number of aromatic nitrogens is 1. The number of carbonyl (C=O) groups is 2. The van der Waals surface area contributed by atoms with Gasteiger partial charge in [0.2, 0.25) is 6.41 Å². The fraction of sp³-hybridized carbons (Fsp3) is 0.350. The quantitative estimate of drug-likeness (QED) is 0.753. The third kappa shape index (κ3) is 4.97. The van der Waals surface area contributed by atoms with Crippen LogP contribution in [0.15, 0.2) is 42.6 Å². The summed E-state index contributed by atoms with van der Waals surface area (Å²) in [5.41, 5.74) is 2.46. The van der Waals surface area contributed by atoms with E-state index in [1.54, 1.807) is 29.2 Å². The molecule has 0 radical (unpaired) electrons. The molecule has 1 aromatic carbocycles. The number of anilines is 1. The van der Waals surface area contributed by atoms with Crippen LogP contribution in [0.4, 0.5) is 5.69 Å². The third-order valence-corrected chi connectivity index (χ3v) is 4.61. The average Bonchev–Trinajstić information content (AvgIpc) is 2.73. The number of pyridine rings is 1. The minimum Gasteiger partial charge on any atom is -0.497 e. The summed E-state index contributed by atoms with van der Waals surface area (Å²) in [6, 6.07) is 11.6. The van der Waals surface area contributed by atoms with E-state index in [1.807, 2.05) is 24.3 Å². The molecule has 2 amide bonds. The molecule has 142 valence electrons. The Hall–Kier alpha value is -3.09. The molecule has 0 saturated carbocycles. The molecule has 7 heteroatoms. The number of hydrogen-bond donors (Lipinski definition) is 1. The number of carbonyl (C=O) groups excluding carboxylic acids is 2. The van der Waals surface area contributed by atoms with Crippen LogP contribution >= 0.6 is 0 Å². The normalized spacial score (nSPS) is 14.0. The molecule has 1 fully saturated rings. The summed E-state index contributed by atoms with van der Waals surface area (Å²) in [6.45, 7) is 2.93. The Morgan fingerprint density at radius 2 is 2.04 bits per heavy atom. The van der Waals surface area contributed by atoms with Crippen LogP contribution in [0.2, 0.25) is 0 Å². The predicted molar refractivity (Wildman–Crippen MR) is 103 cm³/mol. The van der Waals surface area contributed by atoms with Crippen LogP contribution in [0.25, 0.3) is 0 Å². The molecule has 0 atom stereocenters. The zero-order valence-corrected chi connectivity index (χ0v) is 15.4. The van der Waals surface area contributed by atoms with E-state index >= 15 is 0 Å². The summed E-state index contributed by atoms with van der Waals surface area (Å²) in [5, 5.41) is 3.34. The minimum absolute atomic E-state index is 0.100. The van der Waals surface area contributed by atoms with Crippen molar-refractivity contribution in [2.24, 2.45) is 0 Å². The van der Waals surface area contributed by atoms with Gasteiger partial charge in [0.25, 0.3) is 5.91 Å². The smallest absolute Gasteiger partial charge is 0.272 e. The van der Waals surface area contributed by atoms with Crippen molar-refractivity contribution in [2.45, 2.75) is 6.42 Å². The second kappa shape index (κ2) is 9.02. The average molecular weight is 368 g/mol. The molecule has 1 aromatic heterocycles. The SMILES string of the molecule is COc1cccc(CCNc2ccnc(C(=O)N3CCN(C=O)CC3)c2)c1. The molecule has 1 N–H and O–H groups in total. The van der Waals surface area contributed by atoms with Gasteiger partial charge < -0.3 is 19.9 Å². The van der Waals surface area contributed by atoms with Crippen LogP contribution in [0, 0.1) is 0 Å². The molecule has 0 bridgehead atoms. The highest BCUT2D eigenvalue weighted by molar-refractivity contribution is 5.93. The maximum Gasteiger partial charge on any atom is 0.272 e. The molecule has 2 heterocycles. The Labute approximate surface area is 158 Å². The summed E-state index contributed by atoms with van der Waals surface area (Å²) in [5.74, 6) is 0.746. The Balaban J connectivity index is 1.55. The standard InChI is InChI=1S/C20H24N4O3/c1-27-18-4-2-3-16(13-18)5-7-21-17-6-8-22-19(14-17)20(26)24-11-9-23(15-25)10-12-24/h2-4,6,8,13-15H,5,7,9-12H2,1H3,(H,21,22). The lowest BCUT2D eigenvalue weighted by molar-refractivity contribution is -0.119. The number of rotatable bonds is 7. The molecule has 2 aromatic rings. The number of methoxy groups -OCH3 is 1. The third-order valence-electron chi connectivity index (χ3n) is 4.61. The van der Waals surface area contributed by atoms with Crippen molar-refractivity contribution in [2.75, 3.05) is 45.2 Å². The van der Waals surface area contributed by atoms with E-state index in [9.17, 15) is 9.59 Å². The van der Waals surface area contributed by atoms with E-state index in [-0.39, 0.29) is 5.91 Å². The molecule has 1 aliphatic rings. The number of hydrogen-bond acceptors (Lipinski definition) is 5. The van der Waals surface area contributed by atoms with E-state index in [4.69, 9.17) is 4.74 Å². The van der Waals surface area contributed by atoms with Gasteiger partial charge in [0.05, 0.1) is 7.11 Å². The van der Waals surface area contributed by atoms with Gasteiger partial charge in [0.15, 0.2) is 0 Å². The highest BCUT2D eigenvalue weighted by Gasteiger charge is 2.22. The first kappa shape index (κ1) is 18.7. The van der Waals surface area contributed by atoms with E-state index in [0.29, 0.717) is 31.9 Å². The first-order valence-electron chi connectivity index (χ1n) is 9.01. The molecule has 1 saturated heterocycles. The molecular formula is C20H24N4O3.